The molecule has 1 amide bonds. The Hall–Kier alpha value is -2.51. The van der Waals surface area contributed by atoms with E-state index < -0.39 is 0 Å². The summed E-state index contributed by atoms with van der Waals surface area (Å²) >= 11 is 1.33. The molecule has 0 radical (unpaired) electrons. The molecule has 24 heavy (non-hydrogen) atoms. The molecular formula is C17H17N3O3S. The van der Waals surface area contributed by atoms with Crippen LogP contribution in [-0.2, 0) is 4.74 Å². The van der Waals surface area contributed by atoms with E-state index in [1.807, 2.05) is 37.3 Å². The average molecular weight is 343 g/mol. The van der Waals surface area contributed by atoms with Gasteiger partial charge in [-0.1, -0.05) is 22.9 Å². The van der Waals surface area contributed by atoms with Crippen LogP contribution < -0.4 is 5.32 Å². The summed E-state index contributed by atoms with van der Waals surface area (Å²) in [7, 11) is 1.59. The molecule has 0 unspecified atom stereocenters. The number of nitrogens with zero attached hydrogens (tertiary/aromatic N) is 2. The van der Waals surface area contributed by atoms with Gasteiger partial charge in [-0.3, -0.25) is 4.79 Å². The van der Waals surface area contributed by atoms with Gasteiger partial charge in [-0.05, 0) is 31.2 Å². The second kappa shape index (κ2) is 7.37. The molecular weight excluding hydrogens is 326 g/mol. The normalized spacial score (nSPS) is 10.8. The highest BCUT2D eigenvalue weighted by Gasteiger charge is 2.15. The quantitative estimate of drug-likeness (QED) is 0.696. The van der Waals surface area contributed by atoms with E-state index >= 15 is 0 Å². The number of aromatic nitrogens is 2. The van der Waals surface area contributed by atoms with E-state index in [0.29, 0.717) is 29.7 Å². The van der Waals surface area contributed by atoms with Crippen molar-refractivity contribution in [2.45, 2.75) is 6.92 Å². The molecule has 2 aromatic heterocycles. The molecule has 0 atom stereocenters. The third-order valence-corrected chi connectivity index (χ3v) is 4.45. The molecule has 3 aromatic rings. The van der Waals surface area contributed by atoms with Crippen LogP contribution in [0.3, 0.4) is 0 Å². The lowest BCUT2D eigenvalue weighted by atomic mass is 10.1. The van der Waals surface area contributed by atoms with Crippen LogP contribution in [-0.4, -0.2) is 36.3 Å². The number of hydrogen-bond acceptors (Lipinski definition) is 6. The Bertz CT molecular complexity index is 824. The minimum Gasteiger partial charge on any atom is -0.383 e. The largest absolute Gasteiger partial charge is 0.383 e. The predicted octanol–water partition coefficient (Wildman–Crippen LogP) is 3.15. The lowest BCUT2D eigenvalue weighted by Gasteiger charge is -2.01. The number of hydrogen-bond donors (Lipinski definition) is 1. The van der Waals surface area contributed by atoms with E-state index in [2.05, 4.69) is 15.5 Å². The molecule has 6 nitrogen and oxygen atoms in total. The predicted molar refractivity (Wildman–Crippen MR) is 92.0 cm³/mol. The molecule has 1 aromatic carbocycles. The monoisotopic (exact) mass is 343 g/mol. The van der Waals surface area contributed by atoms with Crippen LogP contribution in [0.4, 0.5) is 0 Å². The van der Waals surface area contributed by atoms with Crippen LogP contribution in [0.5, 0.6) is 0 Å². The molecule has 0 saturated heterocycles. The van der Waals surface area contributed by atoms with Gasteiger partial charge in [-0.15, -0.1) is 11.3 Å². The maximum Gasteiger partial charge on any atom is 0.261 e. The molecule has 0 aliphatic rings. The van der Waals surface area contributed by atoms with Crippen LogP contribution in [0.2, 0.25) is 0 Å². The number of ether oxygens (including phenoxy) is 1. The first-order valence-corrected chi connectivity index (χ1v) is 8.27. The number of amides is 1. The Labute approximate surface area is 143 Å². The van der Waals surface area contributed by atoms with Crippen molar-refractivity contribution in [2.75, 3.05) is 20.3 Å². The Balaban J connectivity index is 1.74. The summed E-state index contributed by atoms with van der Waals surface area (Å²) in [6.07, 6.45) is 0. The van der Waals surface area contributed by atoms with E-state index in [-0.39, 0.29) is 5.91 Å². The zero-order valence-corrected chi connectivity index (χ0v) is 14.2. The first-order valence-electron chi connectivity index (χ1n) is 7.45. The number of carbonyl (C=O) groups excluding carboxylic acids is 1. The van der Waals surface area contributed by atoms with Crippen molar-refractivity contribution in [2.24, 2.45) is 0 Å². The fourth-order valence-electron chi connectivity index (χ4n) is 2.07. The molecule has 2 heterocycles. The topological polar surface area (TPSA) is 77.2 Å². The number of nitrogens with one attached hydrogen (secondary N) is 1. The Kier molecular flexibility index (Phi) is 5.02. The smallest absolute Gasteiger partial charge is 0.261 e. The van der Waals surface area contributed by atoms with Gasteiger partial charge in [-0.25, -0.2) is 0 Å². The van der Waals surface area contributed by atoms with Gasteiger partial charge in [0.05, 0.1) is 16.4 Å². The van der Waals surface area contributed by atoms with Crippen molar-refractivity contribution in [3.8, 4) is 22.2 Å². The maximum absolute atomic E-state index is 12.0. The van der Waals surface area contributed by atoms with Crippen molar-refractivity contribution in [1.82, 2.24) is 15.5 Å². The van der Waals surface area contributed by atoms with Gasteiger partial charge in [0.15, 0.2) is 0 Å². The van der Waals surface area contributed by atoms with Crippen LogP contribution >= 0.6 is 11.3 Å². The summed E-state index contributed by atoms with van der Waals surface area (Å²) < 4.78 is 10.2. The van der Waals surface area contributed by atoms with Gasteiger partial charge in [0, 0.05) is 19.2 Å². The summed E-state index contributed by atoms with van der Waals surface area (Å²) in [4.78, 5) is 17.8. The SMILES string of the molecule is COCCNC(=O)c1ccc(-c2noc(-c3ccc(C)cc3)n2)s1. The van der Waals surface area contributed by atoms with Crippen molar-refractivity contribution in [3.63, 3.8) is 0 Å². The van der Waals surface area contributed by atoms with Crippen LogP contribution in [0.25, 0.3) is 22.2 Å². The van der Waals surface area contributed by atoms with Crippen LogP contribution in [0, 0.1) is 6.92 Å². The summed E-state index contributed by atoms with van der Waals surface area (Å²) in [6.45, 7) is 2.98. The standard InChI is InChI=1S/C17H17N3O3S/c1-11-3-5-12(6-4-11)17-19-15(20-23-17)13-7-8-14(24-13)16(21)18-9-10-22-2/h3-8H,9-10H2,1-2H3,(H,18,21). The summed E-state index contributed by atoms with van der Waals surface area (Å²) in [5.41, 5.74) is 2.04. The second-order valence-electron chi connectivity index (χ2n) is 5.20. The van der Waals surface area contributed by atoms with E-state index in [1.165, 1.54) is 16.9 Å². The highest BCUT2D eigenvalue weighted by molar-refractivity contribution is 7.17. The lowest BCUT2D eigenvalue weighted by molar-refractivity contribution is 0.0941. The molecule has 3 rings (SSSR count). The van der Waals surface area contributed by atoms with E-state index in [0.717, 1.165) is 10.4 Å². The summed E-state index contributed by atoms with van der Waals surface area (Å²) in [6, 6.07) is 11.4. The van der Waals surface area contributed by atoms with Gasteiger partial charge in [0.25, 0.3) is 11.8 Å². The average Bonchev–Trinajstić information content (AvgIpc) is 3.25. The number of rotatable bonds is 6. The van der Waals surface area contributed by atoms with Gasteiger partial charge < -0.3 is 14.6 Å². The first kappa shape index (κ1) is 16.4. The molecule has 0 spiro atoms. The third kappa shape index (κ3) is 3.69. The Morgan fingerprint density at radius 2 is 2.04 bits per heavy atom. The molecule has 0 saturated carbocycles. The highest BCUT2D eigenvalue weighted by atomic mass is 32.1. The van der Waals surface area contributed by atoms with E-state index in [1.54, 1.807) is 13.2 Å². The maximum atomic E-state index is 12.0. The molecule has 1 N–H and O–H groups in total. The van der Waals surface area contributed by atoms with Crippen molar-refractivity contribution >= 4 is 17.2 Å². The number of carbonyl (C=O) groups is 1. The Morgan fingerprint density at radius 3 is 2.79 bits per heavy atom. The number of methoxy groups -OCH3 is 1. The minimum absolute atomic E-state index is 0.134. The fraction of sp³-hybridized carbons (Fsp3) is 0.235. The lowest BCUT2D eigenvalue weighted by Crippen LogP contribution is -2.26. The van der Waals surface area contributed by atoms with Crippen molar-refractivity contribution < 1.29 is 14.1 Å². The van der Waals surface area contributed by atoms with Crippen molar-refractivity contribution in [3.05, 3.63) is 46.8 Å². The van der Waals surface area contributed by atoms with Crippen molar-refractivity contribution in [1.29, 1.82) is 0 Å². The zero-order chi connectivity index (χ0) is 16.9. The number of benzene rings is 1. The second-order valence-corrected chi connectivity index (χ2v) is 6.29. The molecule has 0 aliphatic heterocycles. The van der Waals surface area contributed by atoms with Gasteiger partial charge >= 0.3 is 0 Å². The van der Waals surface area contributed by atoms with E-state index in [9.17, 15) is 4.79 Å². The first-order chi connectivity index (χ1) is 11.7. The molecule has 0 fully saturated rings. The van der Waals surface area contributed by atoms with Crippen LogP contribution in [0.1, 0.15) is 15.2 Å². The zero-order valence-electron chi connectivity index (χ0n) is 13.4. The molecule has 0 bridgehead atoms. The number of aryl methyl sites for hydroxylation is 1. The van der Waals surface area contributed by atoms with Crippen LogP contribution in [0.15, 0.2) is 40.9 Å². The molecule has 124 valence electrons. The third-order valence-electron chi connectivity index (χ3n) is 3.37. The number of thiophene rings is 1. The van der Waals surface area contributed by atoms with E-state index in [4.69, 9.17) is 9.26 Å². The summed E-state index contributed by atoms with van der Waals surface area (Å²) in [5.74, 6) is 0.807. The fourth-order valence-corrected chi connectivity index (χ4v) is 2.92. The van der Waals surface area contributed by atoms with Gasteiger partial charge in [0.2, 0.25) is 5.82 Å². The molecule has 7 heteroatoms. The minimum atomic E-state index is -0.134. The van der Waals surface area contributed by atoms with Gasteiger partial charge in [0.1, 0.15) is 0 Å². The summed E-state index contributed by atoms with van der Waals surface area (Å²) in [5, 5.41) is 6.79. The van der Waals surface area contributed by atoms with Gasteiger partial charge in [-0.2, -0.15) is 4.98 Å². The highest BCUT2D eigenvalue weighted by Crippen LogP contribution is 2.28. The Morgan fingerprint density at radius 1 is 1.25 bits per heavy atom. The molecule has 0 aliphatic carbocycles.